The fraction of sp³-hybridized carbons (Fsp3) is 0.947. The Bertz CT molecular complexity index is 482. The number of hydrogen-bond acceptors (Lipinski definition) is 4. The third-order valence-electron chi connectivity index (χ3n) is 7.10. The summed E-state index contributed by atoms with van der Waals surface area (Å²) in [6.07, 6.45) is 8.05. The lowest BCUT2D eigenvalue weighted by Crippen LogP contribution is -2.56. The van der Waals surface area contributed by atoms with E-state index in [0.29, 0.717) is 11.5 Å². The molecule has 0 aromatic heterocycles. The lowest BCUT2D eigenvalue weighted by Gasteiger charge is -2.52. The molecule has 142 valence electrons. The van der Waals surface area contributed by atoms with E-state index in [1.54, 1.807) is 12.0 Å². The molecule has 25 heavy (non-hydrogen) atoms. The Morgan fingerprint density at radius 2 is 1.84 bits per heavy atom. The monoisotopic (exact) mass is 351 g/mol. The molecule has 6 heteroatoms. The van der Waals surface area contributed by atoms with Gasteiger partial charge in [-0.15, -0.1) is 0 Å². The van der Waals surface area contributed by atoms with Crippen LogP contribution in [0.15, 0.2) is 0 Å². The van der Waals surface area contributed by atoms with Gasteiger partial charge in [-0.2, -0.15) is 0 Å². The van der Waals surface area contributed by atoms with Crippen molar-refractivity contribution >= 4 is 6.09 Å². The summed E-state index contributed by atoms with van der Waals surface area (Å²) in [5, 5.41) is 9.17. The van der Waals surface area contributed by atoms with E-state index in [-0.39, 0.29) is 0 Å². The van der Waals surface area contributed by atoms with E-state index in [9.17, 15) is 9.90 Å². The van der Waals surface area contributed by atoms with Gasteiger partial charge in [0.1, 0.15) is 0 Å². The Morgan fingerprint density at radius 3 is 2.40 bits per heavy atom. The van der Waals surface area contributed by atoms with Crippen LogP contribution in [0, 0.1) is 5.41 Å². The second-order valence-corrected chi connectivity index (χ2v) is 8.75. The van der Waals surface area contributed by atoms with Crippen LogP contribution in [0.4, 0.5) is 4.79 Å². The fourth-order valence-electron chi connectivity index (χ4n) is 5.48. The third-order valence-corrected chi connectivity index (χ3v) is 7.10. The van der Waals surface area contributed by atoms with Crippen molar-refractivity contribution in [3.63, 3.8) is 0 Å². The fourth-order valence-corrected chi connectivity index (χ4v) is 5.48. The van der Waals surface area contributed by atoms with Crippen molar-refractivity contribution in [3.05, 3.63) is 0 Å². The molecule has 4 fully saturated rings. The van der Waals surface area contributed by atoms with Crippen LogP contribution in [-0.4, -0.2) is 90.5 Å². The van der Waals surface area contributed by atoms with Gasteiger partial charge in [0.05, 0.1) is 6.61 Å². The highest BCUT2D eigenvalue weighted by atomic mass is 16.5. The Labute approximate surface area is 151 Å². The molecule has 0 aromatic carbocycles. The summed E-state index contributed by atoms with van der Waals surface area (Å²) in [6, 6.07) is 2.25. The van der Waals surface area contributed by atoms with Gasteiger partial charge >= 0.3 is 6.09 Å². The van der Waals surface area contributed by atoms with Crippen LogP contribution < -0.4 is 0 Å². The Balaban J connectivity index is 1.23. The minimum absolute atomic E-state index is 0.304. The molecule has 1 amide bonds. The van der Waals surface area contributed by atoms with Crippen LogP contribution in [0.2, 0.25) is 0 Å². The zero-order valence-electron chi connectivity index (χ0n) is 15.5. The van der Waals surface area contributed by atoms with Crippen LogP contribution in [0.25, 0.3) is 0 Å². The quantitative estimate of drug-likeness (QED) is 0.794. The van der Waals surface area contributed by atoms with Gasteiger partial charge in [0.25, 0.3) is 0 Å². The Hall–Kier alpha value is -0.850. The Morgan fingerprint density at radius 1 is 1.16 bits per heavy atom. The van der Waals surface area contributed by atoms with Crippen LogP contribution in [-0.2, 0) is 4.74 Å². The first-order valence-corrected chi connectivity index (χ1v) is 10.1. The first kappa shape index (κ1) is 17.6. The molecule has 4 aliphatic rings. The first-order valence-electron chi connectivity index (χ1n) is 10.1. The van der Waals surface area contributed by atoms with E-state index in [1.165, 1.54) is 51.6 Å². The maximum atomic E-state index is 11.1. The van der Waals surface area contributed by atoms with Gasteiger partial charge in [0.2, 0.25) is 0 Å². The summed E-state index contributed by atoms with van der Waals surface area (Å²) in [6.45, 7) is 5.86. The molecule has 2 heterocycles. The second kappa shape index (κ2) is 7.05. The molecular formula is C19H33N3O3. The number of carboxylic acid groups (broad SMARTS) is 1. The molecule has 0 radical (unpaired) electrons. The number of piperidine rings is 1. The molecule has 2 aliphatic carbocycles. The highest BCUT2D eigenvalue weighted by molar-refractivity contribution is 5.65. The van der Waals surface area contributed by atoms with Crippen LogP contribution in [0.1, 0.15) is 44.9 Å². The molecule has 0 aromatic rings. The van der Waals surface area contributed by atoms with Crippen LogP contribution >= 0.6 is 0 Å². The molecule has 4 rings (SSSR count). The summed E-state index contributed by atoms with van der Waals surface area (Å²) >= 11 is 0. The van der Waals surface area contributed by atoms with Gasteiger partial charge in [-0.3, -0.25) is 4.90 Å². The first-order chi connectivity index (χ1) is 12.1. The number of methoxy groups -OCH3 is 1. The van der Waals surface area contributed by atoms with E-state index in [4.69, 9.17) is 4.74 Å². The van der Waals surface area contributed by atoms with E-state index in [2.05, 4.69) is 9.80 Å². The number of rotatable bonds is 6. The van der Waals surface area contributed by atoms with Crippen LogP contribution in [0.5, 0.6) is 0 Å². The average Bonchev–Trinajstić information content (AvgIpc) is 3.31. The van der Waals surface area contributed by atoms with Gasteiger partial charge in [0.15, 0.2) is 0 Å². The lowest BCUT2D eigenvalue weighted by molar-refractivity contribution is -0.0183. The number of likely N-dealkylation sites (tertiary alicyclic amines) is 2. The van der Waals surface area contributed by atoms with Gasteiger partial charge in [0, 0.05) is 44.9 Å². The maximum absolute atomic E-state index is 11.1. The normalized spacial score (nSPS) is 34.0. The largest absolute Gasteiger partial charge is 0.465 e. The van der Waals surface area contributed by atoms with Gasteiger partial charge in [-0.25, -0.2) is 4.79 Å². The van der Waals surface area contributed by atoms with Crippen molar-refractivity contribution < 1.29 is 14.6 Å². The molecule has 0 bridgehead atoms. The predicted molar refractivity (Wildman–Crippen MR) is 95.9 cm³/mol. The van der Waals surface area contributed by atoms with Crippen molar-refractivity contribution in [2.45, 2.75) is 63.1 Å². The molecule has 0 atom stereocenters. The minimum atomic E-state index is -0.739. The number of amides is 1. The van der Waals surface area contributed by atoms with Crippen molar-refractivity contribution in [2.24, 2.45) is 5.41 Å². The molecule has 2 saturated heterocycles. The zero-order chi connectivity index (χ0) is 17.4. The summed E-state index contributed by atoms with van der Waals surface area (Å²) in [5.74, 6) is 0. The van der Waals surface area contributed by atoms with Gasteiger partial charge in [-0.1, -0.05) is 0 Å². The molecule has 6 nitrogen and oxygen atoms in total. The number of ether oxygens (including phenoxy) is 1. The van der Waals surface area contributed by atoms with Crippen molar-refractivity contribution in [2.75, 3.05) is 46.4 Å². The zero-order valence-corrected chi connectivity index (χ0v) is 15.5. The van der Waals surface area contributed by atoms with Crippen molar-refractivity contribution in [1.29, 1.82) is 0 Å². The molecule has 1 N–H and O–H groups in total. The van der Waals surface area contributed by atoms with Crippen LogP contribution in [0.3, 0.4) is 0 Å². The highest BCUT2D eigenvalue weighted by Crippen LogP contribution is 2.50. The molecule has 1 spiro atoms. The standard InChI is InChI=1S/C19H33N3O3/c1-25-11-10-22(15-2-3-15)16-4-7-20(8-5-16)17-12-19(13-17)6-9-21(14-19)18(23)24/h15-17H,2-14H2,1H3,(H,23,24). The molecule has 0 unspecified atom stereocenters. The third kappa shape index (κ3) is 3.67. The van der Waals surface area contributed by atoms with E-state index in [0.717, 1.165) is 44.7 Å². The number of carbonyl (C=O) groups is 1. The van der Waals surface area contributed by atoms with E-state index < -0.39 is 6.09 Å². The highest BCUT2D eigenvalue weighted by Gasteiger charge is 2.51. The lowest BCUT2D eigenvalue weighted by atomic mass is 9.64. The molecule has 2 aliphatic heterocycles. The summed E-state index contributed by atoms with van der Waals surface area (Å²) in [5.41, 5.74) is 0.304. The van der Waals surface area contributed by atoms with Gasteiger partial charge in [-0.05, 0) is 63.5 Å². The van der Waals surface area contributed by atoms with Crippen molar-refractivity contribution in [3.8, 4) is 0 Å². The smallest absolute Gasteiger partial charge is 0.407 e. The summed E-state index contributed by atoms with van der Waals surface area (Å²) < 4.78 is 5.31. The number of nitrogens with zero attached hydrogens (tertiary/aromatic N) is 3. The summed E-state index contributed by atoms with van der Waals surface area (Å²) in [4.78, 5) is 18.2. The van der Waals surface area contributed by atoms with Gasteiger partial charge < -0.3 is 19.6 Å². The average molecular weight is 351 g/mol. The second-order valence-electron chi connectivity index (χ2n) is 8.75. The minimum Gasteiger partial charge on any atom is -0.465 e. The topological polar surface area (TPSA) is 56.2 Å². The maximum Gasteiger partial charge on any atom is 0.407 e. The predicted octanol–water partition coefficient (Wildman–Crippen LogP) is 2.09. The molecular weight excluding hydrogens is 318 g/mol. The Kier molecular flexibility index (Phi) is 4.95. The van der Waals surface area contributed by atoms with E-state index >= 15 is 0 Å². The SMILES string of the molecule is COCCN(C1CC1)C1CCN(C2CC3(CCN(C(=O)O)C3)C2)CC1. The molecule has 2 saturated carbocycles. The summed E-state index contributed by atoms with van der Waals surface area (Å²) in [7, 11) is 1.80. The van der Waals surface area contributed by atoms with E-state index in [1.807, 2.05) is 0 Å². The number of hydrogen-bond donors (Lipinski definition) is 1. The van der Waals surface area contributed by atoms with Crippen molar-refractivity contribution in [1.82, 2.24) is 14.7 Å².